The minimum atomic E-state index is -1.12. The maximum Gasteiger partial charge on any atom is 0.324 e. The van der Waals surface area contributed by atoms with Gasteiger partial charge in [-0.15, -0.1) is 0 Å². The largest absolute Gasteiger partial charge is 0.508 e. The molecule has 1 N–H and O–H groups in total. The number of Topliss-reactive ketones (excluding diaryl/α,β-unsaturated/α-hetero) is 1. The average molecular weight is 462 g/mol. The van der Waals surface area contributed by atoms with Crippen molar-refractivity contribution in [2.75, 3.05) is 0 Å². The van der Waals surface area contributed by atoms with Crippen molar-refractivity contribution in [2.24, 2.45) is 0 Å². The fourth-order valence-corrected chi connectivity index (χ4v) is 3.94. The van der Waals surface area contributed by atoms with Gasteiger partial charge < -0.3 is 14.6 Å². The monoisotopic (exact) mass is 461 g/mol. The molecule has 0 saturated carbocycles. The van der Waals surface area contributed by atoms with Gasteiger partial charge in [-0.05, 0) is 57.4 Å². The molecule has 2 aromatic rings. The smallest absolute Gasteiger partial charge is 0.324 e. The number of nitriles is 1. The fraction of sp³-hybridized carbons (Fsp3) is 0.364. The summed E-state index contributed by atoms with van der Waals surface area (Å²) in [5, 5.41) is 19.7. The van der Waals surface area contributed by atoms with Gasteiger partial charge in [-0.3, -0.25) is 4.79 Å². The first-order valence-corrected chi connectivity index (χ1v) is 10.3. The topological polar surface area (TPSA) is 105 Å². The number of ether oxygens (including phenoxy) is 2. The van der Waals surface area contributed by atoms with Crippen LogP contribution in [-0.2, 0) is 16.0 Å². The molecule has 162 valence electrons. The lowest BCUT2D eigenvalue weighted by atomic mass is 9.81. The third kappa shape index (κ3) is 4.24. The van der Waals surface area contributed by atoms with Crippen LogP contribution in [0, 0.1) is 11.3 Å². The molecule has 1 aliphatic rings. The van der Waals surface area contributed by atoms with Gasteiger partial charge in [-0.25, -0.2) is 0 Å². The van der Waals surface area contributed by atoms with Gasteiger partial charge in [0.1, 0.15) is 34.3 Å². The Morgan fingerprint density at radius 2 is 1.77 bits per heavy atom. The molecule has 1 aromatic carbocycles. The summed E-state index contributed by atoms with van der Waals surface area (Å²) < 4.78 is 11.5. The summed E-state index contributed by atoms with van der Waals surface area (Å²) in [5.41, 5.74) is -0.674. The zero-order valence-electron chi connectivity index (χ0n) is 17.7. The van der Waals surface area contributed by atoms with Crippen molar-refractivity contribution < 1.29 is 19.4 Å². The zero-order valence-corrected chi connectivity index (χ0v) is 19.2. The van der Waals surface area contributed by atoms with E-state index in [1.54, 1.807) is 45.9 Å². The number of carbonyl (C=O) groups excluding carboxylic acids is 1. The summed E-state index contributed by atoms with van der Waals surface area (Å²) in [7, 11) is 0. The van der Waals surface area contributed by atoms with Gasteiger partial charge in [0.25, 0.3) is 0 Å². The molecule has 31 heavy (non-hydrogen) atoms. The molecule has 0 amide bonds. The van der Waals surface area contributed by atoms with Gasteiger partial charge >= 0.3 is 6.01 Å². The number of benzene rings is 1. The third-order valence-electron chi connectivity index (χ3n) is 4.94. The van der Waals surface area contributed by atoms with E-state index in [0.717, 1.165) is 5.56 Å². The second kappa shape index (κ2) is 8.12. The Hall–Kier alpha value is -2.66. The minimum Gasteiger partial charge on any atom is -0.508 e. The van der Waals surface area contributed by atoms with E-state index in [1.807, 2.05) is 13.0 Å². The Balaban J connectivity index is 2.12. The molecule has 0 unspecified atom stereocenters. The molecular formula is C22H21Cl2N3O4. The number of hydrogen-bond acceptors (Lipinski definition) is 7. The normalized spacial score (nSPS) is 17.4. The number of aryl methyl sites for hydroxylation is 1. The molecule has 0 aliphatic carbocycles. The number of aromatic nitrogens is 2. The van der Waals surface area contributed by atoms with E-state index in [9.17, 15) is 9.90 Å². The number of nitrogens with zero attached hydrogens (tertiary/aromatic N) is 3. The lowest BCUT2D eigenvalue weighted by Crippen LogP contribution is -2.49. The molecule has 0 saturated heterocycles. The van der Waals surface area contributed by atoms with Crippen molar-refractivity contribution in [2.45, 2.75) is 52.2 Å². The highest BCUT2D eigenvalue weighted by Gasteiger charge is 2.47. The predicted molar refractivity (Wildman–Crippen MR) is 116 cm³/mol. The molecule has 0 fully saturated rings. The molecule has 0 bridgehead atoms. The standard InChI is InChI=1S/C22H21Cl2N3O4/c1-6-11-7-8-12(30-20-26-18(23)14(10-25)19(24)27-20)9-13(11)15-16(28)21(2,3)31-22(4,5)17(15)29/h7-9,28H,6H2,1-5H3. The second-order valence-electron chi connectivity index (χ2n) is 8.02. The highest BCUT2D eigenvalue weighted by atomic mass is 35.5. The van der Waals surface area contributed by atoms with E-state index in [1.165, 1.54) is 0 Å². The molecule has 0 radical (unpaired) electrons. The SMILES string of the molecule is CCc1ccc(Oc2nc(Cl)c(C#N)c(Cl)n2)cc1C1=C(O)C(C)(C)OC(C)(C)C1=O. The quantitative estimate of drug-likeness (QED) is 0.604. The highest BCUT2D eigenvalue weighted by molar-refractivity contribution is 6.35. The summed E-state index contributed by atoms with van der Waals surface area (Å²) in [6, 6.07) is 6.77. The van der Waals surface area contributed by atoms with Crippen LogP contribution in [-0.4, -0.2) is 32.1 Å². The first kappa shape index (κ1) is 23.0. The van der Waals surface area contributed by atoms with Crippen LogP contribution in [0.3, 0.4) is 0 Å². The number of carbonyl (C=O) groups is 1. The van der Waals surface area contributed by atoms with Crippen LogP contribution in [0.25, 0.3) is 5.57 Å². The van der Waals surface area contributed by atoms with Crippen LogP contribution in [0.15, 0.2) is 24.0 Å². The van der Waals surface area contributed by atoms with E-state index >= 15 is 0 Å². The molecule has 1 aromatic heterocycles. The lowest BCUT2D eigenvalue weighted by Gasteiger charge is -2.40. The molecule has 7 nitrogen and oxygen atoms in total. The Labute approximate surface area is 190 Å². The van der Waals surface area contributed by atoms with Crippen LogP contribution in [0.2, 0.25) is 10.3 Å². The minimum absolute atomic E-state index is 0.0509. The Bertz CT molecular complexity index is 1130. The Morgan fingerprint density at radius 3 is 2.32 bits per heavy atom. The number of aliphatic hydroxyl groups is 1. The highest BCUT2D eigenvalue weighted by Crippen LogP contribution is 2.42. The van der Waals surface area contributed by atoms with E-state index in [0.29, 0.717) is 17.7 Å². The summed E-state index contributed by atoms with van der Waals surface area (Å²) >= 11 is 11.9. The van der Waals surface area contributed by atoms with Crippen LogP contribution in [0.1, 0.15) is 51.3 Å². The van der Waals surface area contributed by atoms with Crippen molar-refractivity contribution in [3.8, 4) is 17.8 Å². The maximum absolute atomic E-state index is 13.2. The van der Waals surface area contributed by atoms with Crippen molar-refractivity contribution in [3.63, 3.8) is 0 Å². The number of aliphatic hydroxyl groups excluding tert-OH is 1. The maximum atomic E-state index is 13.2. The summed E-state index contributed by atoms with van der Waals surface area (Å²) in [4.78, 5) is 21.0. The molecule has 0 atom stereocenters. The first-order chi connectivity index (χ1) is 14.4. The number of rotatable bonds is 4. The van der Waals surface area contributed by atoms with E-state index in [2.05, 4.69) is 9.97 Å². The van der Waals surface area contributed by atoms with Crippen LogP contribution < -0.4 is 4.74 Å². The van der Waals surface area contributed by atoms with Crippen molar-refractivity contribution in [3.05, 3.63) is 51.0 Å². The Kier molecular flexibility index (Phi) is 6.03. The van der Waals surface area contributed by atoms with Gasteiger partial charge in [-0.2, -0.15) is 15.2 Å². The van der Waals surface area contributed by atoms with E-state index in [-0.39, 0.29) is 39.0 Å². The number of hydrogen-bond donors (Lipinski definition) is 1. The molecule has 1 aliphatic heterocycles. The van der Waals surface area contributed by atoms with Gasteiger partial charge in [0.15, 0.2) is 16.1 Å². The van der Waals surface area contributed by atoms with E-state index in [4.69, 9.17) is 37.9 Å². The van der Waals surface area contributed by atoms with E-state index < -0.39 is 11.2 Å². The zero-order chi connectivity index (χ0) is 23.1. The number of ketones is 1. The van der Waals surface area contributed by atoms with Gasteiger partial charge in [0.05, 0.1) is 5.57 Å². The van der Waals surface area contributed by atoms with Gasteiger partial charge in [0, 0.05) is 0 Å². The molecule has 3 rings (SSSR count). The first-order valence-electron chi connectivity index (χ1n) is 9.54. The van der Waals surface area contributed by atoms with Crippen molar-refractivity contribution in [1.29, 1.82) is 5.26 Å². The summed E-state index contributed by atoms with van der Waals surface area (Å²) in [6.07, 6.45) is 0.617. The van der Waals surface area contributed by atoms with Crippen LogP contribution in [0.4, 0.5) is 0 Å². The molecule has 9 heteroatoms. The number of halogens is 2. The van der Waals surface area contributed by atoms with Crippen LogP contribution >= 0.6 is 23.2 Å². The lowest BCUT2D eigenvalue weighted by molar-refractivity contribution is -0.158. The predicted octanol–water partition coefficient (Wildman–Crippen LogP) is 5.44. The average Bonchev–Trinajstić information content (AvgIpc) is 2.66. The van der Waals surface area contributed by atoms with Gasteiger partial charge in [-0.1, -0.05) is 36.2 Å². The Morgan fingerprint density at radius 1 is 1.16 bits per heavy atom. The van der Waals surface area contributed by atoms with Gasteiger partial charge in [0.2, 0.25) is 0 Å². The third-order valence-corrected chi connectivity index (χ3v) is 5.49. The summed E-state index contributed by atoms with van der Waals surface area (Å²) in [6.45, 7) is 8.70. The fourth-order valence-electron chi connectivity index (χ4n) is 3.49. The molecule has 2 heterocycles. The van der Waals surface area contributed by atoms with Crippen molar-refractivity contribution in [1.82, 2.24) is 9.97 Å². The molecule has 0 spiro atoms. The second-order valence-corrected chi connectivity index (χ2v) is 8.74. The van der Waals surface area contributed by atoms with Crippen molar-refractivity contribution >= 4 is 34.6 Å². The summed E-state index contributed by atoms with van der Waals surface area (Å²) in [5.74, 6) is -0.180. The van der Waals surface area contributed by atoms with Crippen LogP contribution in [0.5, 0.6) is 11.8 Å². The molecular weight excluding hydrogens is 441 g/mol.